The van der Waals surface area contributed by atoms with Crippen molar-refractivity contribution in [1.82, 2.24) is 15.2 Å². The van der Waals surface area contributed by atoms with E-state index in [1.807, 2.05) is 19.1 Å². The Bertz CT molecular complexity index is 580. The molecule has 0 atom stereocenters. The zero-order valence-electron chi connectivity index (χ0n) is 13.2. The molecule has 0 radical (unpaired) electrons. The van der Waals surface area contributed by atoms with Crippen LogP contribution in [-0.4, -0.2) is 36.9 Å². The average Bonchev–Trinajstić information content (AvgIpc) is 2.95. The lowest BCUT2D eigenvalue weighted by atomic mass is 10.2. The van der Waals surface area contributed by atoms with Crippen molar-refractivity contribution in [3.8, 4) is 0 Å². The molecule has 120 valence electrons. The Morgan fingerprint density at radius 3 is 2.73 bits per heavy atom. The van der Waals surface area contributed by atoms with Gasteiger partial charge in [0.05, 0.1) is 0 Å². The Morgan fingerprint density at radius 1 is 1.14 bits per heavy atom. The zero-order valence-corrected chi connectivity index (χ0v) is 13.2. The first-order valence-corrected chi connectivity index (χ1v) is 7.94. The van der Waals surface area contributed by atoms with Crippen molar-refractivity contribution in [1.29, 1.82) is 0 Å². The van der Waals surface area contributed by atoms with Gasteiger partial charge in [0.15, 0.2) is 0 Å². The number of hydrogen-bond donors (Lipinski definition) is 2. The minimum atomic E-state index is -0.103. The predicted molar refractivity (Wildman–Crippen MR) is 89.1 cm³/mol. The minimum Gasteiger partial charge on any atom is -0.382 e. The van der Waals surface area contributed by atoms with Gasteiger partial charge in [0.2, 0.25) is 0 Å². The molecule has 1 aromatic heterocycles. The Morgan fingerprint density at radius 2 is 1.91 bits per heavy atom. The van der Waals surface area contributed by atoms with Crippen molar-refractivity contribution in [2.75, 3.05) is 26.3 Å². The number of benzene rings is 1. The van der Waals surface area contributed by atoms with E-state index < -0.39 is 0 Å². The third-order valence-corrected chi connectivity index (χ3v) is 3.50. The predicted octanol–water partition coefficient (Wildman–Crippen LogP) is 2.76. The third kappa shape index (κ3) is 5.07. The molecule has 1 aromatic carbocycles. The van der Waals surface area contributed by atoms with E-state index in [0.717, 1.165) is 26.0 Å². The SMILES string of the molecule is CCOCCCNC(=O)NCCCn1ccc2ccccc21. The Hall–Kier alpha value is -2.01. The normalized spacial score (nSPS) is 10.8. The zero-order chi connectivity index (χ0) is 15.6. The molecule has 0 fully saturated rings. The first-order chi connectivity index (χ1) is 10.8. The first kappa shape index (κ1) is 16.4. The van der Waals surface area contributed by atoms with Gasteiger partial charge in [0.25, 0.3) is 0 Å². The molecule has 0 saturated carbocycles. The van der Waals surface area contributed by atoms with Crippen LogP contribution < -0.4 is 10.6 Å². The number of carbonyl (C=O) groups is 1. The van der Waals surface area contributed by atoms with E-state index in [1.54, 1.807) is 0 Å². The highest BCUT2D eigenvalue weighted by Gasteiger charge is 2.01. The summed E-state index contributed by atoms with van der Waals surface area (Å²) in [4.78, 5) is 11.6. The molecule has 2 amide bonds. The summed E-state index contributed by atoms with van der Waals surface area (Å²) >= 11 is 0. The monoisotopic (exact) mass is 303 g/mol. The van der Waals surface area contributed by atoms with Crippen LogP contribution in [0, 0.1) is 0 Å². The highest BCUT2D eigenvalue weighted by molar-refractivity contribution is 5.79. The molecule has 5 heteroatoms. The molecule has 0 saturated heterocycles. The number of hydrogen-bond acceptors (Lipinski definition) is 2. The number of aryl methyl sites for hydroxylation is 1. The summed E-state index contributed by atoms with van der Waals surface area (Å²) in [6.45, 7) is 5.60. The number of nitrogens with zero attached hydrogens (tertiary/aromatic N) is 1. The standard InChI is InChI=1S/C17H25N3O2/c1-2-22-14-6-11-19-17(21)18-10-5-12-20-13-9-15-7-3-4-8-16(15)20/h3-4,7-9,13H,2,5-6,10-12,14H2,1H3,(H2,18,19,21). The van der Waals surface area contributed by atoms with Gasteiger partial charge in [-0.1, -0.05) is 18.2 Å². The van der Waals surface area contributed by atoms with Crippen molar-refractivity contribution >= 4 is 16.9 Å². The third-order valence-electron chi connectivity index (χ3n) is 3.50. The van der Waals surface area contributed by atoms with E-state index in [4.69, 9.17) is 4.74 Å². The Balaban J connectivity index is 1.60. The van der Waals surface area contributed by atoms with E-state index in [-0.39, 0.29) is 6.03 Å². The fourth-order valence-electron chi connectivity index (χ4n) is 2.37. The topological polar surface area (TPSA) is 55.3 Å². The van der Waals surface area contributed by atoms with Crippen LogP contribution in [-0.2, 0) is 11.3 Å². The van der Waals surface area contributed by atoms with Crippen LogP contribution in [0.25, 0.3) is 10.9 Å². The van der Waals surface area contributed by atoms with Gasteiger partial charge in [-0.3, -0.25) is 0 Å². The van der Waals surface area contributed by atoms with Gasteiger partial charge in [-0.05, 0) is 37.3 Å². The summed E-state index contributed by atoms with van der Waals surface area (Å²) in [5.74, 6) is 0. The van der Waals surface area contributed by atoms with Gasteiger partial charge in [0, 0.05) is 44.6 Å². The van der Waals surface area contributed by atoms with E-state index in [9.17, 15) is 4.79 Å². The summed E-state index contributed by atoms with van der Waals surface area (Å²) in [7, 11) is 0. The van der Waals surface area contributed by atoms with Crippen molar-refractivity contribution < 1.29 is 9.53 Å². The molecule has 0 spiro atoms. The number of urea groups is 1. The van der Waals surface area contributed by atoms with Gasteiger partial charge in [-0.2, -0.15) is 0 Å². The van der Waals surface area contributed by atoms with E-state index in [2.05, 4.69) is 39.6 Å². The van der Waals surface area contributed by atoms with Crippen LogP contribution in [0.4, 0.5) is 4.79 Å². The molecule has 22 heavy (non-hydrogen) atoms. The van der Waals surface area contributed by atoms with E-state index >= 15 is 0 Å². The second-order valence-electron chi connectivity index (χ2n) is 5.15. The molecular formula is C17H25N3O2. The van der Waals surface area contributed by atoms with Gasteiger partial charge in [-0.15, -0.1) is 0 Å². The number of nitrogens with one attached hydrogen (secondary N) is 2. The van der Waals surface area contributed by atoms with E-state index in [0.29, 0.717) is 19.7 Å². The molecule has 1 heterocycles. The summed E-state index contributed by atoms with van der Waals surface area (Å²) in [5, 5.41) is 6.96. The lowest BCUT2D eigenvalue weighted by molar-refractivity contribution is 0.145. The van der Waals surface area contributed by atoms with Gasteiger partial charge in [0.1, 0.15) is 0 Å². The number of para-hydroxylation sites is 1. The molecule has 5 nitrogen and oxygen atoms in total. The van der Waals surface area contributed by atoms with Crippen LogP contribution in [0.2, 0.25) is 0 Å². The number of rotatable bonds is 9. The molecule has 2 rings (SSSR count). The number of amides is 2. The maximum Gasteiger partial charge on any atom is 0.314 e. The fourth-order valence-corrected chi connectivity index (χ4v) is 2.37. The first-order valence-electron chi connectivity index (χ1n) is 7.94. The quantitative estimate of drug-likeness (QED) is 0.700. The minimum absolute atomic E-state index is 0.103. The Kier molecular flexibility index (Phi) is 6.77. The molecule has 2 N–H and O–H groups in total. The van der Waals surface area contributed by atoms with Crippen molar-refractivity contribution in [2.24, 2.45) is 0 Å². The van der Waals surface area contributed by atoms with Crippen molar-refractivity contribution in [3.05, 3.63) is 36.5 Å². The second kappa shape index (κ2) is 9.10. The van der Waals surface area contributed by atoms with Crippen LogP contribution in [0.15, 0.2) is 36.5 Å². The molecule has 2 aromatic rings. The fraction of sp³-hybridized carbons (Fsp3) is 0.471. The molecule has 0 unspecified atom stereocenters. The van der Waals surface area contributed by atoms with Crippen LogP contribution in [0.1, 0.15) is 19.8 Å². The summed E-state index contributed by atoms with van der Waals surface area (Å²) < 4.78 is 7.44. The Labute approximate surface area is 131 Å². The lowest BCUT2D eigenvalue weighted by Crippen LogP contribution is -2.37. The van der Waals surface area contributed by atoms with Crippen LogP contribution in [0.5, 0.6) is 0 Å². The van der Waals surface area contributed by atoms with Gasteiger partial charge < -0.3 is 19.9 Å². The maximum atomic E-state index is 11.6. The number of aromatic nitrogens is 1. The molecule has 0 aliphatic rings. The number of ether oxygens (including phenoxy) is 1. The number of carbonyl (C=O) groups excluding carboxylic acids is 1. The average molecular weight is 303 g/mol. The molecule has 0 bridgehead atoms. The highest BCUT2D eigenvalue weighted by atomic mass is 16.5. The van der Waals surface area contributed by atoms with Crippen molar-refractivity contribution in [2.45, 2.75) is 26.3 Å². The summed E-state index contributed by atoms with van der Waals surface area (Å²) in [6.07, 6.45) is 3.85. The second-order valence-corrected chi connectivity index (χ2v) is 5.15. The van der Waals surface area contributed by atoms with Crippen LogP contribution >= 0.6 is 0 Å². The number of fused-ring (bicyclic) bond motifs is 1. The summed E-state index contributed by atoms with van der Waals surface area (Å²) in [5.41, 5.74) is 1.24. The molecular weight excluding hydrogens is 278 g/mol. The van der Waals surface area contributed by atoms with E-state index in [1.165, 1.54) is 10.9 Å². The largest absolute Gasteiger partial charge is 0.382 e. The van der Waals surface area contributed by atoms with Crippen molar-refractivity contribution in [3.63, 3.8) is 0 Å². The highest BCUT2D eigenvalue weighted by Crippen LogP contribution is 2.15. The lowest BCUT2D eigenvalue weighted by Gasteiger charge is -2.09. The van der Waals surface area contributed by atoms with Gasteiger partial charge >= 0.3 is 6.03 Å². The molecule has 0 aliphatic carbocycles. The smallest absolute Gasteiger partial charge is 0.314 e. The summed E-state index contributed by atoms with van der Waals surface area (Å²) in [6, 6.07) is 10.3. The van der Waals surface area contributed by atoms with Crippen LogP contribution in [0.3, 0.4) is 0 Å². The maximum absolute atomic E-state index is 11.6. The van der Waals surface area contributed by atoms with Gasteiger partial charge in [-0.25, -0.2) is 4.79 Å². The molecule has 0 aliphatic heterocycles.